The first-order valence-electron chi connectivity index (χ1n) is 11.3. The third-order valence-corrected chi connectivity index (χ3v) is 8.58. The van der Waals surface area contributed by atoms with Gasteiger partial charge in [0.2, 0.25) is 0 Å². The summed E-state index contributed by atoms with van der Waals surface area (Å²) in [7, 11) is -3.95. The largest absolute Gasteiger partial charge is 0.475 e. The second kappa shape index (κ2) is 9.97. The van der Waals surface area contributed by atoms with Crippen LogP contribution in [-0.4, -0.2) is 49.5 Å². The van der Waals surface area contributed by atoms with Crippen molar-refractivity contribution in [3.05, 3.63) is 71.5 Å². The maximum absolute atomic E-state index is 13.2. The van der Waals surface area contributed by atoms with E-state index in [2.05, 4.69) is 15.0 Å². The van der Waals surface area contributed by atoms with Crippen LogP contribution >= 0.6 is 31.2 Å². The fraction of sp³-hybridized carbons (Fsp3) is 0.261. The van der Waals surface area contributed by atoms with Gasteiger partial charge in [-0.15, -0.1) is 0 Å². The molecule has 4 heterocycles. The zero-order chi connectivity index (χ0) is 25.6. The molecule has 2 aliphatic rings. The molecule has 0 radical (unpaired) electrons. The molecule has 192 valence electrons. The lowest BCUT2D eigenvalue weighted by Gasteiger charge is -2.30. The summed E-state index contributed by atoms with van der Waals surface area (Å²) >= 11 is 7.34. The number of ether oxygens (including phenoxy) is 1. The maximum atomic E-state index is 13.2. The summed E-state index contributed by atoms with van der Waals surface area (Å²) in [6.45, 7) is -0.0617. The fourth-order valence-corrected chi connectivity index (χ4v) is 6.58. The summed E-state index contributed by atoms with van der Waals surface area (Å²) in [5.41, 5.74) is 7.60. The van der Waals surface area contributed by atoms with Crippen LogP contribution in [0.4, 0.5) is 5.82 Å². The highest BCUT2D eigenvalue weighted by Crippen LogP contribution is 2.57. The van der Waals surface area contributed by atoms with E-state index in [-0.39, 0.29) is 19.0 Å². The van der Waals surface area contributed by atoms with Crippen LogP contribution in [0.2, 0.25) is 5.02 Å². The first-order chi connectivity index (χ1) is 17.9. The summed E-state index contributed by atoms with van der Waals surface area (Å²) < 4.78 is 37.6. The predicted octanol–water partition coefficient (Wildman–Crippen LogP) is 4.21. The highest BCUT2D eigenvalue weighted by atomic mass is 35.5. The summed E-state index contributed by atoms with van der Waals surface area (Å²) in [6.07, 6.45) is -2.57. The third kappa shape index (κ3) is 4.87. The van der Waals surface area contributed by atoms with Gasteiger partial charge >= 0.3 is 7.82 Å². The molecule has 1 unspecified atom stereocenters. The minimum Gasteiger partial charge on any atom is -0.386 e. The van der Waals surface area contributed by atoms with Crippen LogP contribution in [0.1, 0.15) is 11.8 Å². The second-order valence-electron chi connectivity index (χ2n) is 8.38. The van der Waals surface area contributed by atoms with Crippen molar-refractivity contribution >= 4 is 48.2 Å². The van der Waals surface area contributed by atoms with Crippen molar-refractivity contribution in [3.63, 3.8) is 0 Å². The second-order valence-corrected chi connectivity index (χ2v) is 11.5. The highest BCUT2D eigenvalue weighted by Gasteiger charge is 2.54. The van der Waals surface area contributed by atoms with E-state index in [1.54, 1.807) is 16.7 Å². The molecule has 3 N–H and O–H groups in total. The molecular weight excluding hydrogens is 541 g/mol. The first-order valence-corrected chi connectivity index (χ1v) is 13.9. The van der Waals surface area contributed by atoms with Crippen molar-refractivity contribution in [3.8, 4) is 0 Å². The molecule has 2 saturated heterocycles. The summed E-state index contributed by atoms with van der Waals surface area (Å²) in [5, 5.41) is 12.4. The zero-order valence-corrected chi connectivity index (χ0v) is 21.6. The lowest BCUT2D eigenvalue weighted by atomic mass is 10.1. The summed E-state index contributed by atoms with van der Waals surface area (Å²) in [4.78, 5) is 13.8. The topological polar surface area (TPSA) is 144 Å². The third-order valence-electron chi connectivity index (χ3n) is 5.94. The van der Waals surface area contributed by atoms with Crippen molar-refractivity contribution < 1.29 is 28.0 Å². The number of aromatic nitrogens is 4. The van der Waals surface area contributed by atoms with Crippen LogP contribution in [0.5, 0.6) is 0 Å². The molecule has 0 aliphatic carbocycles. The number of nitrogens with two attached hydrogens (primary N) is 1. The molecule has 4 aromatic rings. The number of nitrogen functional groups attached to an aromatic ring is 1. The minimum absolute atomic E-state index is 0.0279. The number of phosphoric ester groups is 1. The van der Waals surface area contributed by atoms with Crippen LogP contribution in [0, 0.1) is 0 Å². The van der Waals surface area contributed by atoms with Gasteiger partial charge in [0.1, 0.15) is 24.6 Å². The molecule has 2 fully saturated rings. The fourth-order valence-electron chi connectivity index (χ4n) is 4.15. The zero-order valence-electron chi connectivity index (χ0n) is 19.1. The van der Waals surface area contributed by atoms with Crippen LogP contribution < -0.4 is 5.73 Å². The Kier molecular flexibility index (Phi) is 6.68. The van der Waals surface area contributed by atoms with Gasteiger partial charge in [0.15, 0.2) is 28.4 Å². The van der Waals surface area contributed by atoms with Crippen molar-refractivity contribution in [2.45, 2.75) is 41.2 Å². The van der Waals surface area contributed by atoms with Crippen LogP contribution in [0.3, 0.4) is 0 Å². The number of rotatable bonds is 6. The standard InChI is InChI=1S/C23H21ClN5O6PS/c24-14-6-8-15(9-7-14)37-23-28-17-20(25)26-12-27-21(17)29(23)22-18(30)19-16(34-22)11-33-36(31,35-19)32-10-13-4-2-1-3-5-13/h1-9,12,16,18-19,22,30H,10-11H2,(H2,25,26,27)/t16-,18-,19-,22-,36?/m1/s1. The van der Waals surface area contributed by atoms with E-state index >= 15 is 0 Å². The molecule has 0 amide bonds. The van der Waals surface area contributed by atoms with E-state index in [1.807, 2.05) is 42.5 Å². The van der Waals surface area contributed by atoms with E-state index in [4.69, 9.17) is 35.6 Å². The number of nitrogens with zero attached hydrogens (tertiary/aromatic N) is 4. The summed E-state index contributed by atoms with van der Waals surface area (Å²) in [6, 6.07) is 16.4. The van der Waals surface area contributed by atoms with Crippen LogP contribution in [-0.2, 0) is 29.5 Å². The van der Waals surface area contributed by atoms with Gasteiger partial charge in [0, 0.05) is 9.92 Å². The van der Waals surface area contributed by atoms with Gasteiger partial charge in [0.05, 0.1) is 13.2 Å². The average Bonchev–Trinajstić information content (AvgIpc) is 3.42. The molecule has 5 atom stereocenters. The predicted molar refractivity (Wildman–Crippen MR) is 135 cm³/mol. The number of halogens is 1. The van der Waals surface area contributed by atoms with E-state index in [0.29, 0.717) is 21.3 Å². The Morgan fingerprint density at radius 3 is 2.76 bits per heavy atom. The Labute approximate surface area is 220 Å². The molecule has 0 bridgehead atoms. The lowest BCUT2D eigenvalue weighted by Crippen LogP contribution is -2.39. The van der Waals surface area contributed by atoms with Crippen molar-refractivity contribution in [2.24, 2.45) is 0 Å². The van der Waals surface area contributed by atoms with Gasteiger partial charge in [-0.05, 0) is 29.8 Å². The molecule has 14 heteroatoms. The van der Waals surface area contributed by atoms with Gasteiger partial charge < -0.3 is 15.6 Å². The number of fused-ring (bicyclic) bond motifs is 2. The number of benzene rings is 2. The lowest BCUT2D eigenvalue weighted by molar-refractivity contribution is -0.0730. The molecule has 2 aromatic heterocycles. The number of hydrogen-bond donors (Lipinski definition) is 2. The number of phosphoric acid groups is 1. The minimum atomic E-state index is -3.95. The van der Waals surface area contributed by atoms with Gasteiger partial charge in [-0.25, -0.2) is 19.5 Å². The molecule has 2 aromatic carbocycles. The molecule has 2 aliphatic heterocycles. The average molecular weight is 562 g/mol. The number of aliphatic hydroxyl groups is 1. The Hall–Kier alpha value is -2.54. The van der Waals surface area contributed by atoms with Crippen LogP contribution in [0.25, 0.3) is 11.2 Å². The van der Waals surface area contributed by atoms with E-state index in [1.165, 1.54) is 18.1 Å². The monoisotopic (exact) mass is 561 g/mol. The van der Waals surface area contributed by atoms with E-state index < -0.39 is 32.4 Å². The van der Waals surface area contributed by atoms with Crippen molar-refractivity contribution in [1.29, 1.82) is 0 Å². The van der Waals surface area contributed by atoms with Gasteiger partial charge in [-0.1, -0.05) is 53.7 Å². The highest BCUT2D eigenvalue weighted by molar-refractivity contribution is 7.99. The molecular formula is C23H21ClN5O6PS. The molecule has 6 rings (SSSR count). The Morgan fingerprint density at radius 2 is 1.97 bits per heavy atom. The Bertz CT molecular complexity index is 1480. The smallest absolute Gasteiger partial charge is 0.386 e. The Balaban J connectivity index is 1.29. The quantitative estimate of drug-likeness (QED) is 0.327. The number of anilines is 1. The number of hydrogen-bond acceptors (Lipinski definition) is 11. The number of aliphatic hydroxyl groups excluding tert-OH is 1. The van der Waals surface area contributed by atoms with E-state index in [9.17, 15) is 9.67 Å². The molecule has 0 saturated carbocycles. The molecule has 11 nitrogen and oxygen atoms in total. The van der Waals surface area contributed by atoms with Gasteiger partial charge in [-0.3, -0.25) is 18.1 Å². The SMILES string of the molecule is Nc1ncnc2c1nc(Sc1ccc(Cl)cc1)n2[C@@H]1O[C@@H]2COP(=O)(OCc3ccccc3)O[C@H]2[C@H]1O. The molecule has 0 spiro atoms. The van der Waals surface area contributed by atoms with Crippen LogP contribution in [0.15, 0.2) is 71.0 Å². The Morgan fingerprint density at radius 1 is 1.19 bits per heavy atom. The molecule has 37 heavy (non-hydrogen) atoms. The van der Waals surface area contributed by atoms with Gasteiger partial charge in [0.25, 0.3) is 0 Å². The first kappa shape index (κ1) is 24.8. The van der Waals surface area contributed by atoms with Crippen molar-refractivity contribution in [1.82, 2.24) is 19.5 Å². The maximum Gasteiger partial charge on any atom is 0.475 e. The van der Waals surface area contributed by atoms with Gasteiger partial charge in [-0.2, -0.15) is 0 Å². The van der Waals surface area contributed by atoms with Crippen molar-refractivity contribution in [2.75, 3.05) is 12.3 Å². The van der Waals surface area contributed by atoms with E-state index in [0.717, 1.165) is 10.5 Å². The normalized spacial score (nSPS) is 27.4. The number of imidazole rings is 1. The summed E-state index contributed by atoms with van der Waals surface area (Å²) in [5.74, 6) is 0.185.